The highest BCUT2D eigenvalue weighted by Crippen LogP contribution is 2.44. The molecule has 0 spiro atoms. The minimum atomic E-state index is -1.01. The van der Waals surface area contributed by atoms with Crippen LogP contribution in [0.1, 0.15) is 56.2 Å². The van der Waals surface area contributed by atoms with Crippen molar-refractivity contribution in [3.8, 4) is 11.1 Å². The van der Waals surface area contributed by atoms with Gasteiger partial charge in [0.2, 0.25) is 11.8 Å². The number of ether oxygens (including phenoxy) is 2. The molecule has 2 atom stereocenters. The van der Waals surface area contributed by atoms with Crippen LogP contribution in [0.25, 0.3) is 11.1 Å². The second-order valence-electron chi connectivity index (χ2n) is 13.7. The molecule has 1 aliphatic rings. The Kier molecular flexibility index (Phi) is 13.6. The van der Waals surface area contributed by atoms with Gasteiger partial charge in [0.1, 0.15) is 30.8 Å². The molecule has 0 N–H and O–H groups in total. The monoisotopic (exact) mass is 805 g/mol. The van der Waals surface area contributed by atoms with Gasteiger partial charge in [0.25, 0.3) is 0 Å². The van der Waals surface area contributed by atoms with Crippen LogP contribution < -0.4 is 0 Å². The number of likely N-dealkylation sites (N-methyl/N-ethyl adjacent to an activating group) is 2. The lowest BCUT2D eigenvalue weighted by Gasteiger charge is -2.37. The summed E-state index contributed by atoms with van der Waals surface area (Å²) in [7, 11) is 3.05. The van der Waals surface area contributed by atoms with E-state index in [4.69, 9.17) is 9.47 Å². The van der Waals surface area contributed by atoms with Crippen LogP contribution in [0.3, 0.4) is 0 Å². The van der Waals surface area contributed by atoms with Gasteiger partial charge in [-0.2, -0.15) is 0 Å². The first-order chi connectivity index (χ1) is 24.2. The summed E-state index contributed by atoms with van der Waals surface area (Å²) < 4.78 is 12.4. The third-order valence-electron chi connectivity index (χ3n) is 8.79. The molecule has 0 bridgehead atoms. The molecule has 0 radical (unpaired) electrons. The minimum absolute atomic E-state index is 0.0930. The molecule has 1 aliphatic carbocycles. The van der Waals surface area contributed by atoms with E-state index < -0.39 is 41.6 Å². The number of carbonyl (C=O) groups is 4. The van der Waals surface area contributed by atoms with Crippen molar-refractivity contribution in [1.82, 2.24) is 14.7 Å². The van der Waals surface area contributed by atoms with Gasteiger partial charge >= 0.3 is 12.1 Å². The Bertz CT molecular complexity index is 1690. The SMILES string of the molecule is C=CCCN(C(=O)[C@H](CC=C)N(C)C(=O)OCC1c2ccccc2-c2ccccc21)[C@@H](Cc1ccc(I)cc1)C(=O)N(C)CC(=O)OC(C)(C)C. The van der Waals surface area contributed by atoms with E-state index in [1.54, 1.807) is 32.9 Å². The second kappa shape index (κ2) is 17.7. The minimum Gasteiger partial charge on any atom is -0.459 e. The van der Waals surface area contributed by atoms with E-state index in [9.17, 15) is 19.2 Å². The van der Waals surface area contributed by atoms with Gasteiger partial charge in [-0.25, -0.2) is 4.79 Å². The van der Waals surface area contributed by atoms with Gasteiger partial charge in [0, 0.05) is 36.5 Å². The molecule has 4 rings (SSSR count). The van der Waals surface area contributed by atoms with Gasteiger partial charge in [-0.3, -0.25) is 19.3 Å². The number of fused-ring (bicyclic) bond motifs is 3. The average Bonchev–Trinajstić information content (AvgIpc) is 3.41. The van der Waals surface area contributed by atoms with Crippen LogP contribution in [-0.4, -0.2) is 90.1 Å². The molecular weight excluding hydrogens is 757 g/mol. The lowest BCUT2D eigenvalue weighted by molar-refractivity contribution is -0.159. The summed E-state index contributed by atoms with van der Waals surface area (Å²) in [6.07, 6.45) is 3.30. The predicted octanol–water partition coefficient (Wildman–Crippen LogP) is 7.23. The summed E-state index contributed by atoms with van der Waals surface area (Å²) >= 11 is 2.21. The third-order valence-corrected chi connectivity index (χ3v) is 9.51. The Morgan fingerprint density at radius 1 is 0.843 bits per heavy atom. The number of hydrogen-bond donors (Lipinski definition) is 0. The van der Waals surface area contributed by atoms with E-state index in [1.807, 2.05) is 60.7 Å². The molecule has 3 aromatic rings. The number of amides is 3. The highest BCUT2D eigenvalue weighted by atomic mass is 127. The van der Waals surface area contributed by atoms with Crippen molar-refractivity contribution in [3.63, 3.8) is 0 Å². The second-order valence-corrected chi connectivity index (χ2v) is 14.9. The first kappa shape index (κ1) is 39.3. The topological polar surface area (TPSA) is 96.5 Å². The molecule has 3 aromatic carbocycles. The molecule has 10 heteroatoms. The van der Waals surface area contributed by atoms with E-state index in [0.717, 1.165) is 31.4 Å². The smallest absolute Gasteiger partial charge is 0.410 e. The summed E-state index contributed by atoms with van der Waals surface area (Å²) in [5.74, 6) is -1.58. The Morgan fingerprint density at radius 3 is 1.98 bits per heavy atom. The third kappa shape index (κ3) is 10.1. The zero-order valence-electron chi connectivity index (χ0n) is 30.1. The molecule has 270 valence electrons. The zero-order valence-corrected chi connectivity index (χ0v) is 32.3. The standard InChI is InChI=1S/C41H48IN3O6/c1-8-10-24-45(36(25-28-20-22-29(42)23-21-28)38(47)43(6)26-37(46)51-41(3,4)5)39(48)35(15-9-2)44(7)40(49)50-27-34-32-18-13-11-16-30(32)31-17-12-14-19-33(31)34/h8-9,11-14,16-23,34-36H,1-2,10,15,24-27H2,3-7H3/t35-,36-/m0/s1. The van der Waals surface area contributed by atoms with Crippen molar-refractivity contribution in [1.29, 1.82) is 0 Å². The zero-order chi connectivity index (χ0) is 37.3. The molecule has 0 aromatic heterocycles. The molecule has 0 saturated heterocycles. The Labute approximate surface area is 315 Å². The van der Waals surface area contributed by atoms with Crippen molar-refractivity contribution in [2.75, 3.05) is 33.8 Å². The van der Waals surface area contributed by atoms with E-state index >= 15 is 0 Å². The summed E-state index contributed by atoms with van der Waals surface area (Å²) in [5.41, 5.74) is 4.49. The molecule has 0 unspecified atom stereocenters. The number of carbonyl (C=O) groups excluding carboxylic acids is 4. The summed E-state index contributed by atoms with van der Waals surface area (Å²) in [5, 5.41) is 0. The van der Waals surface area contributed by atoms with Crippen LogP contribution in [0.4, 0.5) is 4.79 Å². The molecule has 3 amide bonds. The van der Waals surface area contributed by atoms with Crippen LogP contribution in [0.2, 0.25) is 0 Å². The van der Waals surface area contributed by atoms with Crippen LogP contribution in [0, 0.1) is 3.57 Å². The van der Waals surface area contributed by atoms with Crippen molar-refractivity contribution >= 4 is 46.5 Å². The molecule has 0 aliphatic heterocycles. The van der Waals surface area contributed by atoms with Crippen molar-refractivity contribution < 1.29 is 28.7 Å². The number of hydrogen-bond acceptors (Lipinski definition) is 6. The maximum atomic E-state index is 14.6. The van der Waals surface area contributed by atoms with Gasteiger partial charge < -0.3 is 19.3 Å². The van der Waals surface area contributed by atoms with Gasteiger partial charge in [0.15, 0.2) is 0 Å². The fraction of sp³-hybridized carbons (Fsp3) is 0.366. The van der Waals surface area contributed by atoms with Gasteiger partial charge in [-0.1, -0.05) is 72.8 Å². The molecule has 0 saturated carbocycles. The lowest BCUT2D eigenvalue weighted by atomic mass is 9.98. The number of benzene rings is 3. The maximum Gasteiger partial charge on any atom is 0.410 e. The highest BCUT2D eigenvalue weighted by Gasteiger charge is 2.39. The number of rotatable bonds is 15. The Hall–Kier alpha value is -4.45. The molecule has 0 heterocycles. The maximum absolute atomic E-state index is 14.6. The quantitative estimate of drug-likeness (QED) is 0.0915. The Balaban J connectivity index is 1.60. The van der Waals surface area contributed by atoms with Crippen LogP contribution in [-0.2, 0) is 30.3 Å². The van der Waals surface area contributed by atoms with Crippen molar-refractivity contribution in [2.24, 2.45) is 0 Å². The van der Waals surface area contributed by atoms with Crippen LogP contribution in [0.5, 0.6) is 0 Å². The van der Waals surface area contributed by atoms with Crippen LogP contribution in [0.15, 0.2) is 98.1 Å². The van der Waals surface area contributed by atoms with E-state index in [1.165, 1.54) is 28.8 Å². The number of nitrogens with zero attached hydrogens (tertiary/aromatic N) is 3. The molecule has 9 nitrogen and oxygen atoms in total. The van der Waals surface area contributed by atoms with E-state index in [0.29, 0.717) is 6.42 Å². The molecule has 51 heavy (non-hydrogen) atoms. The summed E-state index contributed by atoms with van der Waals surface area (Å²) in [6.45, 7) is 12.9. The fourth-order valence-corrected chi connectivity index (χ4v) is 6.68. The van der Waals surface area contributed by atoms with E-state index in [2.05, 4.69) is 47.9 Å². The lowest BCUT2D eigenvalue weighted by Crippen LogP contribution is -2.57. The van der Waals surface area contributed by atoms with Crippen molar-refractivity contribution in [3.05, 3.63) is 118 Å². The first-order valence-electron chi connectivity index (χ1n) is 17.1. The van der Waals surface area contributed by atoms with E-state index in [-0.39, 0.29) is 38.5 Å². The highest BCUT2D eigenvalue weighted by molar-refractivity contribution is 14.1. The number of esters is 1. The average molecular weight is 806 g/mol. The largest absolute Gasteiger partial charge is 0.459 e. The summed E-state index contributed by atoms with van der Waals surface area (Å²) in [4.78, 5) is 59.4. The Morgan fingerprint density at radius 2 is 1.43 bits per heavy atom. The first-order valence-corrected chi connectivity index (χ1v) is 18.1. The van der Waals surface area contributed by atoms with Gasteiger partial charge in [-0.15, -0.1) is 13.2 Å². The van der Waals surface area contributed by atoms with Crippen molar-refractivity contribution in [2.45, 2.75) is 63.6 Å². The van der Waals surface area contributed by atoms with Crippen LogP contribution >= 0.6 is 22.6 Å². The number of halogens is 1. The molecular formula is C41H48IN3O6. The van der Waals surface area contributed by atoms with Gasteiger partial charge in [0.05, 0.1) is 0 Å². The predicted molar refractivity (Wildman–Crippen MR) is 208 cm³/mol. The molecule has 0 fully saturated rings. The van der Waals surface area contributed by atoms with Gasteiger partial charge in [-0.05, 0) is 96.2 Å². The normalized spacial score (nSPS) is 13.2. The summed E-state index contributed by atoms with van der Waals surface area (Å²) in [6, 6.07) is 21.9. The fourth-order valence-electron chi connectivity index (χ4n) is 6.32.